The van der Waals surface area contributed by atoms with Crippen molar-refractivity contribution in [3.8, 4) is 0 Å². The number of rotatable bonds is 6. The minimum absolute atomic E-state index is 0.152. The summed E-state index contributed by atoms with van der Waals surface area (Å²) in [5, 5.41) is -0.188. The van der Waals surface area contributed by atoms with E-state index in [-0.39, 0.29) is 16.5 Å². The highest BCUT2D eigenvalue weighted by Crippen LogP contribution is 2.14. The van der Waals surface area contributed by atoms with Crippen molar-refractivity contribution in [3.63, 3.8) is 0 Å². The Hall–Kier alpha value is -1.19. The van der Waals surface area contributed by atoms with E-state index in [0.29, 0.717) is 0 Å². The quantitative estimate of drug-likeness (QED) is 0.809. The van der Waals surface area contributed by atoms with Gasteiger partial charge in [-0.05, 0) is 19.1 Å². The summed E-state index contributed by atoms with van der Waals surface area (Å²) in [6.45, 7) is 1.62. The van der Waals surface area contributed by atoms with Crippen LogP contribution in [0.3, 0.4) is 0 Å². The zero-order valence-electron chi connectivity index (χ0n) is 10.8. The Morgan fingerprint density at radius 1 is 1.37 bits per heavy atom. The first-order valence-corrected chi connectivity index (χ1v) is 8.88. The molecule has 7 nitrogen and oxygen atoms in total. The molecule has 1 N–H and O–H groups in total. The molecule has 1 aromatic heterocycles. The molecule has 0 saturated carbocycles. The second-order valence-corrected chi connectivity index (χ2v) is 7.81. The number of hydrogen-bond acceptors (Lipinski definition) is 6. The van der Waals surface area contributed by atoms with E-state index in [1.807, 2.05) is 0 Å². The van der Waals surface area contributed by atoms with Gasteiger partial charge in [-0.2, -0.15) is 0 Å². The Kier molecular flexibility index (Phi) is 4.88. The lowest BCUT2D eigenvalue weighted by atomic mass is 10.4. The van der Waals surface area contributed by atoms with Crippen LogP contribution >= 0.6 is 0 Å². The highest BCUT2D eigenvalue weighted by atomic mass is 32.2. The molecule has 0 amide bonds. The van der Waals surface area contributed by atoms with Crippen LogP contribution in [0, 0.1) is 0 Å². The van der Waals surface area contributed by atoms with E-state index in [1.54, 1.807) is 6.92 Å². The van der Waals surface area contributed by atoms with Crippen LogP contribution in [-0.4, -0.2) is 47.0 Å². The predicted octanol–water partition coefficient (Wildman–Crippen LogP) is 0.262. The lowest BCUT2D eigenvalue weighted by Crippen LogP contribution is -2.25. The van der Waals surface area contributed by atoms with Gasteiger partial charge in [0.15, 0.2) is 14.9 Å². The first-order valence-electron chi connectivity index (χ1n) is 5.33. The van der Waals surface area contributed by atoms with Crippen LogP contribution in [0.2, 0.25) is 0 Å². The van der Waals surface area contributed by atoms with Gasteiger partial charge < -0.3 is 4.74 Å². The molecule has 1 atom stereocenters. The summed E-state index contributed by atoms with van der Waals surface area (Å²) in [7, 11) is -5.67. The largest absolute Gasteiger partial charge is 0.381 e. The SMILES string of the molecule is COC(C)CS(=O)(=O)Nc1ccnc(S(C)(=O)=O)c1. The van der Waals surface area contributed by atoms with Gasteiger partial charge >= 0.3 is 0 Å². The third kappa shape index (κ3) is 5.13. The van der Waals surface area contributed by atoms with Crippen LogP contribution in [0.5, 0.6) is 0 Å². The Bertz CT molecular complexity index is 640. The number of hydrogen-bond donors (Lipinski definition) is 1. The maximum atomic E-state index is 11.8. The predicted molar refractivity (Wildman–Crippen MR) is 71.2 cm³/mol. The first kappa shape index (κ1) is 15.9. The van der Waals surface area contributed by atoms with Gasteiger partial charge in [-0.3, -0.25) is 4.72 Å². The van der Waals surface area contributed by atoms with Gasteiger partial charge in [0.1, 0.15) is 0 Å². The second-order valence-electron chi connectivity index (χ2n) is 4.08. The first-order chi connectivity index (χ1) is 8.64. The Balaban J connectivity index is 2.95. The standard InChI is InChI=1S/C10H16N2O5S2/c1-8(17-2)7-19(15,16)12-9-4-5-11-10(6-9)18(3,13)14/h4-6,8H,7H2,1-3H3,(H,11,12). The molecule has 0 radical (unpaired) electrons. The van der Waals surface area contributed by atoms with Crippen molar-refractivity contribution in [2.24, 2.45) is 0 Å². The fourth-order valence-corrected chi connectivity index (χ4v) is 3.19. The highest BCUT2D eigenvalue weighted by Gasteiger charge is 2.17. The summed E-state index contributed by atoms with van der Waals surface area (Å²) in [5.41, 5.74) is 0.152. The summed E-state index contributed by atoms with van der Waals surface area (Å²) in [6, 6.07) is 2.55. The molecule has 19 heavy (non-hydrogen) atoms. The molecule has 0 aromatic carbocycles. The van der Waals surface area contributed by atoms with Crippen molar-refractivity contribution < 1.29 is 21.6 Å². The normalized spacial score (nSPS) is 14.1. The van der Waals surface area contributed by atoms with Crippen molar-refractivity contribution in [1.29, 1.82) is 0 Å². The van der Waals surface area contributed by atoms with Gasteiger partial charge in [-0.1, -0.05) is 0 Å². The molecule has 0 aliphatic heterocycles. The molecular weight excluding hydrogens is 292 g/mol. The fraction of sp³-hybridized carbons (Fsp3) is 0.500. The summed E-state index contributed by atoms with van der Waals surface area (Å²) in [6.07, 6.45) is 1.77. The van der Waals surface area contributed by atoms with E-state index < -0.39 is 26.0 Å². The van der Waals surface area contributed by atoms with Crippen LogP contribution in [0.1, 0.15) is 6.92 Å². The van der Waals surface area contributed by atoms with Crippen molar-refractivity contribution in [3.05, 3.63) is 18.3 Å². The minimum Gasteiger partial charge on any atom is -0.381 e. The van der Waals surface area contributed by atoms with Crippen molar-refractivity contribution in [2.45, 2.75) is 18.1 Å². The number of anilines is 1. The number of nitrogens with one attached hydrogen (secondary N) is 1. The molecule has 108 valence electrons. The molecule has 0 bridgehead atoms. The molecule has 9 heteroatoms. The van der Waals surface area contributed by atoms with E-state index in [9.17, 15) is 16.8 Å². The van der Waals surface area contributed by atoms with E-state index >= 15 is 0 Å². The molecule has 1 rings (SSSR count). The van der Waals surface area contributed by atoms with Crippen LogP contribution in [0.15, 0.2) is 23.4 Å². The number of aromatic nitrogens is 1. The number of sulfone groups is 1. The fourth-order valence-electron chi connectivity index (χ4n) is 1.27. The zero-order chi connectivity index (χ0) is 14.7. The molecule has 1 heterocycles. The maximum absolute atomic E-state index is 11.8. The number of nitrogens with zero attached hydrogens (tertiary/aromatic N) is 1. The Morgan fingerprint density at radius 2 is 2.00 bits per heavy atom. The summed E-state index contributed by atoms with van der Waals surface area (Å²) < 4.78 is 53.3. The van der Waals surface area contributed by atoms with Crippen LogP contribution < -0.4 is 4.72 Å². The molecule has 0 saturated heterocycles. The number of sulfonamides is 1. The van der Waals surface area contributed by atoms with Gasteiger partial charge in [0.05, 0.1) is 17.5 Å². The summed E-state index contributed by atoms with van der Waals surface area (Å²) in [5.74, 6) is -0.222. The van der Waals surface area contributed by atoms with Crippen molar-refractivity contribution in [2.75, 3.05) is 23.8 Å². The highest BCUT2D eigenvalue weighted by molar-refractivity contribution is 7.92. The molecule has 0 aliphatic carbocycles. The van der Waals surface area contributed by atoms with Gasteiger partial charge in [0.25, 0.3) is 0 Å². The Morgan fingerprint density at radius 3 is 2.53 bits per heavy atom. The van der Waals surface area contributed by atoms with Gasteiger partial charge in [-0.15, -0.1) is 0 Å². The van der Waals surface area contributed by atoms with Crippen LogP contribution in [-0.2, 0) is 24.6 Å². The van der Waals surface area contributed by atoms with Gasteiger partial charge in [0.2, 0.25) is 10.0 Å². The third-order valence-electron chi connectivity index (χ3n) is 2.24. The minimum atomic E-state index is -3.61. The second kappa shape index (κ2) is 5.85. The van der Waals surface area contributed by atoms with Crippen molar-refractivity contribution >= 4 is 25.5 Å². The number of ether oxygens (including phenoxy) is 1. The van der Waals surface area contributed by atoms with E-state index in [2.05, 4.69) is 9.71 Å². The van der Waals surface area contributed by atoms with E-state index in [0.717, 1.165) is 6.26 Å². The maximum Gasteiger partial charge on any atom is 0.235 e. The monoisotopic (exact) mass is 308 g/mol. The van der Waals surface area contributed by atoms with Crippen LogP contribution in [0.4, 0.5) is 5.69 Å². The zero-order valence-corrected chi connectivity index (χ0v) is 12.5. The molecule has 0 spiro atoms. The Labute approximate surface area is 113 Å². The molecular formula is C10H16N2O5S2. The number of pyridine rings is 1. The van der Waals surface area contributed by atoms with E-state index in [1.165, 1.54) is 25.4 Å². The summed E-state index contributed by atoms with van der Waals surface area (Å²) in [4.78, 5) is 3.67. The average Bonchev–Trinajstić information content (AvgIpc) is 2.26. The topological polar surface area (TPSA) is 102 Å². The molecule has 1 unspecified atom stereocenters. The number of methoxy groups -OCH3 is 1. The van der Waals surface area contributed by atoms with Gasteiger partial charge in [-0.25, -0.2) is 21.8 Å². The van der Waals surface area contributed by atoms with Crippen molar-refractivity contribution in [1.82, 2.24) is 4.98 Å². The van der Waals surface area contributed by atoms with E-state index in [4.69, 9.17) is 4.74 Å². The lowest BCUT2D eigenvalue weighted by Gasteiger charge is -2.12. The molecule has 1 aromatic rings. The summed E-state index contributed by atoms with van der Waals surface area (Å²) >= 11 is 0. The lowest BCUT2D eigenvalue weighted by molar-refractivity contribution is 0.136. The third-order valence-corrected chi connectivity index (χ3v) is 4.68. The van der Waals surface area contributed by atoms with Gasteiger partial charge in [0, 0.05) is 19.6 Å². The van der Waals surface area contributed by atoms with Crippen LogP contribution in [0.25, 0.3) is 0 Å². The smallest absolute Gasteiger partial charge is 0.235 e. The molecule has 0 aliphatic rings. The molecule has 0 fully saturated rings. The average molecular weight is 308 g/mol.